The first-order chi connectivity index (χ1) is 10.1. The average molecular weight is 280 g/mol. The van der Waals surface area contributed by atoms with E-state index < -0.39 is 0 Å². The van der Waals surface area contributed by atoms with Crippen molar-refractivity contribution in [3.8, 4) is 16.9 Å². The van der Waals surface area contributed by atoms with E-state index in [0.717, 1.165) is 0 Å². The van der Waals surface area contributed by atoms with Crippen LogP contribution in [-0.2, 0) is 6.42 Å². The highest BCUT2D eigenvalue weighted by atomic mass is 16.4. The zero-order valence-electron chi connectivity index (χ0n) is 12.0. The van der Waals surface area contributed by atoms with Gasteiger partial charge in [0.2, 0.25) is 0 Å². The lowest BCUT2D eigenvalue weighted by molar-refractivity contribution is 0.101. The molecule has 1 N–H and O–H groups in total. The molecule has 0 saturated carbocycles. The van der Waals surface area contributed by atoms with E-state index in [1.54, 1.807) is 18.2 Å². The molecule has 3 heteroatoms. The van der Waals surface area contributed by atoms with Gasteiger partial charge in [0, 0.05) is 11.8 Å². The van der Waals surface area contributed by atoms with Gasteiger partial charge in [-0.25, -0.2) is 0 Å². The molecule has 106 valence electrons. The summed E-state index contributed by atoms with van der Waals surface area (Å²) < 4.78 is 5.47. The Morgan fingerprint density at radius 1 is 1.10 bits per heavy atom. The standard InChI is InChI=1S/C12H12O3.C6H4/c1-3-10-11(7(2)13)8-5-4-6-9(14)12(8)15-10;1-2-6-4-3-5(1)6/h4-6,14H,3H2,1-2H3;1-4H. The number of Topliss-reactive ketones (excluding diaryl/α,β-unsaturated/α-hetero) is 1. The predicted octanol–water partition coefficient (Wildman–Crippen LogP) is 4.57. The van der Waals surface area contributed by atoms with Gasteiger partial charge in [-0.15, -0.1) is 0 Å². The van der Waals surface area contributed by atoms with Gasteiger partial charge in [0.15, 0.2) is 17.1 Å². The van der Waals surface area contributed by atoms with E-state index in [2.05, 4.69) is 24.3 Å². The summed E-state index contributed by atoms with van der Waals surface area (Å²) in [6.45, 7) is 3.43. The van der Waals surface area contributed by atoms with Gasteiger partial charge in [-0.05, 0) is 24.1 Å². The number of rotatable bonds is 2. The van der Waals surface area contributed by atoms with Crippen LogP contribution >= 0.6 is 0 Å². The molecule has 0 atom stereocenters. The van der Waals surface area contributed by atoms with Crippen LogP contribution in [-0.4, -0.2) is 10.9 Å². The molecular weight excluding hydrogens is 264 g/mol. The number of hydrogen-bond donors (Lipinski definition) is 1. The van der Waals surface area contributed by atoms with Crippen molar-refractivity contribution in [2.24, 2.45) is 0 Å². The van der Waals surface area contributed by atoms with E-state index in [1.807, 2.05) is 6.92 Å². The lowest BCUT2D eigenvalue weighted by Crippen LogP contribution is -1.94. The zero-order chi connectivity index (χ0) is 15.0. The van der Waals surface area contributed by atoms with Crippen LogP contribution in [0.3, 0.4) is 0 Å². The molecule has 0 unspecified atom stereocenters. The Balaban J connectivity index is 0.000000180. The van der Waals surface area contributed by atoms with Crippen LogP contribution in [0.4, 0.5) is 0 Å². The van der Waals surface area contributed by atoms with E-state index in [0.29, 0.717) is 28.7 Å². The Bertz CT molecular complexity index is 789. The quantitative estimate of drug-likeness (QED) is 0.547. The molecule has 0 radical (unpaired) electrons. The monoisotopic (exact) mass is 280 g/mol. The summed E-state index contributed by atoms with van der Waals surface area (Å²) in [7, 11) is 0. The normalized spacial score (nSPS) is 11.0. The molecule has 0 bridgehead atoms. The molecule has 21 heavy (non-hydrogen) atoms. The van der Waals surface area contributed by atoms with Crippen molar-refractivity contribution in [1.29, 1.82) is 0 Å². The first kappa shape index (κ1) is 13.4. The molecule has 3 nitrogen and oxygen atoms in total. The molecule has 2 aliphatic carbocycles. The van der Waals surface area contributed by atoms with Crippen LogP contribution in [0.15, 0.2) is 46.9 Å². The van der Waals surface area contributed by atoms with E-state index in [-0.39, 0.29) is 11.5 Å². The fourth-order valence-corrected chi connectivity index (χ4v) is 2.45. The second-order valence-electron chi connectivity index (χ2n) is 5.04. The first-order valence-corrected chi connectivity index (χ1v) is 6.96. The molecule has 2 aliphatic rings. The van der Waals surface area contributed by atoms with Crippen molar-refractivity contribution in [3.63, 3.8) is 0 Å². The number of ketones is 1. The number of phenolic OH excluding ortho intramolecular Hbond substituents is 1. The predicted molar refractivity (Wildman–Crippen MR) is 82.7 cm³/mol. The summed E-state index contributed by atoms with van der Waals surface area (Å²) in [5.41, 5.74) is 3.84. The number of carbonyl (C=O) groups is 1. The summed E-state index contributed by atoms with van der Waals surface area (Å²) in [6, 6.07) is 13.5. The Morgan fingerprint density at radius 2 is 1.71 bits per heavy atom. The van der Waals surface area contributed by atoms with Crippen LogP contribution in [0.1, 0.15) is 30.0 Å². The zero-order valence-corrected chi connectivity index (χ0v) is 12.0. The van der Waals surface area contributed by atoms with Crippen molar-refractivity contribution in [2.45, 2.75) is 20.3 Å². The van der Waals surface area contributed by atoms with Gasteiger partial charge in [-0.2, -0.15) is 0 Å². The molecule has 0 spiro atoms. The number of aryl methyl sites for hydroxylation is 1. The van der Waals surface area contributed by atoms with E-state index in [9.17, 15) is 9.90 Å². The van der Waals surface area contributed by atoms with Crippen LogP contribution in [0.2, 0.25) is 0 Å². The van der Waals surface area contributed by atoms with Gasteiger partial charge in [0.05, 0.1) is 5.56 Å². The molecule has 1 aromatic heterocycles. The van der Waals surface area contributed by atoms with Gasteiger partial charge < -0.3 is 9.52 Å². The highest BCUT2D eigenvalue weighted by Crippen LogP contribution is 2.32. The van der Waals surface area contributed by atoms with Crippen molar-refractivity contribution in [2.75, 3.05) is 0 Å². The van der Waals surface area contributed by atoms with Crippen LogP contribution in [0.25, 0.3) is 22.1 Å². The maximum absolute atomic E-state index is 11.5. The average Bonchev–Trinajstić information content (AvgIpc) is 2.83. The number of phenols is 1. The van der Waals surface area contributed by atoms with Gasteiger partial charge in [0.1, 0.15) is 5.76 Å². The number of para-hydroxylation sites is 1. The Hall–Kier alpha value is -2.55. The Labute approximate surface area is 122 Å². The number of fused-ring (bicyclic) bond motifs is 2. The highest BCUT2D eigenvalue weighted by Gasteiger charge is 2.18. The Kier molecular flexibility index (Phi) is 3.26. The second kappa shape index (κ2) is 5.09. The lowest BCUT2D eigenvalue weighted by Gasteiger charge is -2.10. The summed E-state index contributed by atoms with van der Waals surface area (Å²) in [5, 5.41) is 10.3. The minimum Gasteiger partial charge on any atom is -0.504 e. The number of carbonyl (C=O) groups excluding carboxylic acids is 1. The summed E-state index contributed by atoms with van der Waals surface area (Å²) in [5.74, 6) is 0.685. The molecule has 0 amide bonds. The second-order valence-corrected chi connectivity index (χ2v) is 5.04. The lowest BCUT2D eigenvalue weighted by atomic mass is 9.95. The third-order valence-corrected chi connectivity index (χ3v) is 3.66. The molecule has 1 aromatic carbocycles. The van der Waals surface area contributed by atoms with Crippen molar-refractivity contribution in [1.82, 2.24) is 0 Å². The smallest absolute Gasteiger partial charge is 0.176 e. The van der Waals surface area contributed by atoms with Crippen LogP contribution in [0.5, 0.6) is 5.75 Å². The minimum atomic E-state index is -0.0313. The molecule has 2 aromatic rings. The fraction of sp³-hybridized carbons (Fsp3) is 0.167. The van der Waals surface area contributed by atoms with E-state index in [4.69, 9.17) is 4.42 Å². The maximum Gasteiger partial charge on any atom is 0.176 e. The van der Waals surface area contributed by atoms with Gasteiger partial charge in [-0.3, -0.25) is 4.79 Å². The largest absolute Gasteiger partial charge is 0.504 e. The maximum atomic E-state index is 11.5. The minimum absolute atomic E-state index is 0.0313. The molecule has 4 rings (SSSR count). The van der Waals surface area contributed by atoms with Crippen LogP contribution in [0, 0.1) is 0 Å². The third-order valence-electron chi connectivity index (χ3n) is 3.66. The van der Waals surface area contributed by atoms with Crippen molar-refractivity contribution >= 4 is 16.8 Å². The topological polar surface area (TPSA) is 50.4 Å². The fourth-order valence-electron chi connectivity index (χ4n) is 2.45. The number of furan rings is 1. The summed E-state index contributed by atoms with van der Waals surface area (Å²) >= 11 is 0. The van der Waals surface area contributed by atoms with Crippen molar-refractivity contribution < 1.29 is 14.3 Å². The van der Waals surface area contributed by atoms with E-state index >= 15 is 0 Å². The van der Waals surface area contributed by atoms with Crippen LogP contribution < -0.4 is 0 Å². The molecule has 0 fully saturated rings. The summed E-state index contributed by atoms with van der Waals surface area (Å²) in [4.78, 5) is 11.5. The Morgan fingerprint density at radius 3 is 2.14 bits per heavy atom. The molecule has 0 aliphatic heterocycles. The number of aromatic hydroxyl groups is 1. The molecule has 0 saturated heterocycles. The van der Waals surface area contributed by atoms with Gasteiger partial charge in [0.25, 0.3) is 0 Å². The van der Waals surface area contributed by atoms with Gasteiger partial charge >= 0.3 is 0 Å². The molecular formula is C18H16O3. The third kappa shape index (κ3) is 2.21. The highest BCUT2D eigenvalue weighted by molar-refractivity contribution is 6.08. The van der Waals surface area contributed by atoms with Crippen molar-refractivity contribution in [3.05, 3.63) is 53.8 Å². The number of benzene rings is 2. The summed E-state index contributed by atoms with van der Waals surface area (Å²) in [6.07, 6.45) is 0.642. The molecule has 1 heterocycles. The first-order valence-electron chi connectivity index (χ1n) is 6.96. The SMILES string of the molecule is CCc1oc2c(O)cccc2c1C(C)=O.c1cc2ccc1-2. The number of hydrogen-bond acceptors (Lipinski definition) is 3. The van der Waals surface area contributed by atoms with Gasteiger partial charge in [-0.1, -0.05) is 43.3 Å². The van der Waals surface area contributed by atoms with E-state index in [1.165, 1.54) is 18.1 Å².